The molecule has 0 spiro atoms. The van der Waals surface area contributed by atoms with Crippen LogP contribution in [0, 0.1) is 0 Å². The molecule has 0 unspecified atom stereocenters. The summed E-state index contributed by atoms with van der Waals surface area (Å²) < 4.78 is 7.62. The van der Waals surface area contributed by atoms with Crippen molar-refractivity contribution in [1.82, 2.24) is 0 Å². The van der Waals surface area contributed by atoms with Crippen molar-refractivity contribution >= 4 is 45.2 Å². The van der Waals surface area contributed by atoms with Crippen LogP contribution < -0.4 is 10.2 Å². The van der Waals surface area contributed by atoms with Crippen molar-refractivity contribution in [2.75, 3.05) is 0 Å². The Hall–Kier alpha value is 0.0449. The first-order valence-corrected chi connectivity index (χ1v) is 5.71. The highest BCUT2D eigenvalue weighted by Crippen LogP contribution is 2.32. The second-order valence-electron chi connectivity index (χ2n) is 3.22. The van der Waals surface area contributed by atoms with Gasteiger partial charge in [0.25, 0.3) is 0 Å². The molecule has 0 aromatic heterocycles. The summed E-state index contributed by atoms with van der Waals surface area (Å²) >= 11 is 6.94. The normalized spacial score (nSPS) is 10.5. The lowest BCUT2D eigenvalue weighted by Crippen LogP contribution is -2.09. The predicted molar refractivity (Wildman–Crippen MR) is 65.8 cm³/mol. The van der Waals surface area contributed by atoms with Crippen LogP contribution in [0.1, 0.15) is 13.8 Å². The quantitative estimate of drug-likeness (QED) is 0.762. The number of halogens is 2. The van der Waals surface area contributed by atoms with Crippen LogP contribution in [0.5, 0.6) is 5.75 Å². The lowest BCUT2D eigenvalue weighted by molar-refractivity contribution is 0.239. The van der Waals surface area contributed by atoms with Gasteiger partial charge in [-0.05, 0) is 45.7 Å². The van der Waals surface area contributed by atoms with E-state index in [-0.39, 0.29) is 6.10 Å². The fourth-order valence-corrected chi connectivity index (χ4v) is 2.64. The molecule has 0 radical (unpaired) electrons. The summed E-state index contributed by atoms with van der Waals surface area (Å²) in [5.74, 6) is 0.876. The molecular weight excluding hydrogens is 295 g/mol. The predicted octanol–water partition coefficient (Wildman–Crippen LogP) is 2.26. The molecule has 0 amide bonds. The zero-order valence-electron chi connectivity index (χ0n) is 7.90. The minimum absolute atomic E-state index is 0.190. The van der Waals surface area contributed by atoms with Crippen LogP contribution in [-0.2, 0) is 0 Å². The fourth-order valence-electron chi connectivity index (χ4n) is 1.03. The van der Waals surface area contributed by atoms with E-state index in [1.807, 2.05) is 26.0 Å². The van der Waals surface area contributed by atoms with Gasteiger partial charge < -0.3 is 4.74 Å². The Morgan fingerprint density at radius 2 is 1.69 bits per heavy atom. The van der Waals surface area contributed by atoms with Crippen LogP contribution in [0.15, 0.2) is 21.1 Å². The SMILES string of the molecule is Bc1cc(Br)c(OC(C)C)c(Br)c1. The highest BCUT2D eigenvalue weighted by molar-refractivity contribution is 9.11. The van der Waals surface area contributed by atoms with Crippen LogP contribution in [0.4, 0.5) is 0 Å². The van der Waals surface area contributed by atoms with Crippen LogP contribution in [-0.4, -0.2) is 14.0 Å². The Bertz CT molecular complexity index is 289. The van der Waals surface area contributed by atoms with Gasteiger partial charge in [0.1, 0.15) is 13.6 Å². The number of hydrogen-bond acceptors (Lipinski definition) is 1. The van der Waals surface area contributed by atoms with Crippen LogP contribution in [0.2, 0.25) is 0 Å². The maximum Gasteiger partial charge on any atom is 0.147 e. The monoisotopic (exact) mass is 304 g/mol. The molecule has 0 aliphatic rings. The average Bonchev–Trinajstić information content (AvgIpc) is 1.96. The Balaban J connectivity index is 3.06. The van der Waals surface area contributed by atoms with Gasteiger partial charge in [0.15, 0.2) is 0 Å². The molecule has 0 saturated heterocycles. The van der Waals surface area contributed by atoms with E-state index in [0.29, 0.717) is 0 Å². The Labute approximate surface area is 96.5 Å². The summed E-state index contributed by atoms with van der Waals surface area (Å²) in [6.45, 7) is 4.03. The van der Waals surface area contributed by atoms with E-state index >= 15 is 0 Å². The van der Waals surface area contributed by atoms with Gasteiger partial charge in [0.05, 0.1) is 15.0 Å². The molecule has 70 valence electrons. The van der Waals surface area contributed by atoms with E-state index in [1.165, 1.54) is 5.46 Å². The second-order valence-corrected chi connectivity index (χ2v) is 4.93. The Morgan fingerprint density at radius 1 is 1.23 bits per heavy atom. The van der Waals surface area contributed by atoms with E-state index in [9.17, 15) is 0 Å². The summed E-state index contributed by atoms with van der Waals surface area (Å²) in [5.41, 5.74) is 1.20. The minimum atomic E-state index is 0.190. The van der Waals surface area contributed by atoms with Crippen LogP contribution in [0.25, 0.3) is 0 Å². The molecule has 0 atom stereocenters. The van der Waals surface area contributed by atoms with Gasteiger partial charge in [-0.3, -0.25) is 0 Å². The molecule has 1 rings (SSSR count). The molecule has 0 aliphatic carbocycles. The van der Waals surface area contributed by atoms with Gasteiger partial charge in [-0.1, -0.05) is 17.6 Å². The van der Waals surface area contributed by atoms with Crippen molar-refractivity contribution in [1.29, 1.82) is 0 Å². The largest absolute Gasteiger partial charge is 0.489 e. The highest BCUT2D eigenvalue weighted by atomic mass is 79.9. The van der Waals surface area contributed by atoms with E-state index in [1.54, 1.807) is 0 Å². The maximum atomic E-state index is 5.64. The lowest BCUT2D eigenvalue weighted by atomic mass is 9.97. The maximum absolute atomic E-state index is 5.64. The molecule has 4 heteroatoms. The molecular formula is C9H11BBr2O. The average molecular weight is 306 g/mol. The molecule has 1 aromatic carbocycles. The highest BCUT2D eigenvalue weighted by Gasteiger charge is 2.08. The van der Waals surface area contributed by atoms with Crippen molar-refractivity contribution in [3.05, 3.63) is 21.1 Å². The van der Waals surface area contributed by atoms with Crippen LogP contribution in [0.3, 0.4) is 0 Å². The van der Waals surface area contributed by atoms with Gasteiger partial charge in [-0.2, -0.15) is 0 Å². The number of rotatable bonds is 2. The molecule has 0 aliphatic heterocycles. The summed E-state index contributed by atoms with van der Waals surface area (Å²) in [6.07, 6.45) is 0.190. The summed E-state index contributed by atoms with van der Waals surface area (Å²) in [4.78, 5) is 0. The molecule has 0 bridgehead atoms. The minimum Gasteiger partial charge on any atom is -0.489 e. The third-order valence-electron chi connectivity index (χ3n) is 1.50. The molecule has 0 fully saturated rings. The van der Waals surface area contributed by atoms with Gasteiger partial charge in [-0.15, -0.1) is 0 Å². The van der Waals surface area contributed by atoms with Gasteiger partial charge in [0.2, 0.25) is 0 Å². The van der Waals surface area contributed by atoms with Crippen molar-refractivity contribution in [3.8, 4) is 5.75 Å². The van der Waals surface area contributed by atoms with Crippen molar-refractivity contribution in [2.45, 2.75) is 20.0 Å². The van der Waals surface area contributed by atoms with Crippen molar-refractivity contribution < 1.29 is 4.74 Å². The standard InChI is InChI=1S/C9H11BBr2O/c1-5(2)13-9-7(11)3-6(10)4-8(9)12/h3-5H,10H2,1-2H3. The van der Waals surface area contributed by atoms with E-state index < -0.39 is 0 Å². The van der Waals surface area contributed by atoms with E-state index in [2.05, 4.69) is 39.7 Å². The summed E-state index contributed by atoms with van der Waals surface area (Å²) in [7, 11) is 2.05. The second kappa shape index (κ2) is 4.51. The molecule has 0 saturated carbocycles. The smallest absolute Gasteiger partial charge is 0.147 e. The number of ether oxygens (including phenoxy) is 1. The molecule has 0 heterocycles. The van der Waals surface area contributed by atoms with Crippen molar-refractivity contribution in [3.63, 3.8) is 0 Å². The fraction of sp³-hybridized carbons (Fsp3) is 0.333. The van der Waals surface area contributed by atoms with Gasteiger partial charge in [0, 0.05) is 0 Å². The number of hydrogen-bond donors (Lipinski definition) is 0. The first-order chi connectivity index (χ1) is 6.00. The lowest BCUT2D eigenvalue weighted by Gasteiger charge is -2.13. The third-order valence-corrected chi connectivity index (χ3v) is 2.67. The first kappa shape index (κ1) is 11.1. The zero-order chi connectivity index (χ0) is 10.0. The molecule has 1 nitrogen and oxygen atoms in total. The van der Waals surface area contributed by atoms with Crippen LogP contribution >= 0.6 is 31.9 Å². The zero-order valence-corrected chi connectivity index (χ0v) is 11.1. The van der Waals surface area contributed by atoms with Gasteiger partial charge >= 0.3 is 0 Å². The molecule has 0 N–H and O–H groups in total. The Kier molecular flexibility index (Phi) is 3.86. The van der Waals surface area contributed by atoms with Crippen molar-refractivity contribution in [2.24, 2.45) is 0 Å². The van der Waals surface area contributed by atoms with E-state index in [0.717, 1.165) is 14.7 Å². The first-order valence-electron chi connectivity index (χ1n) is 4.13. The summed E-state index contributed by atoms with van der Waals surface area (Å²) in [5, 5.41) is 0. The number of benzene rings is 1. The molecule has 1 aromatic rings. The van der Waals surface area contributed by atoms with E-state index in [4.69, 9.17) is 4.74 Å². The third kappa shape index (κ3) is 3.02. The van der Waals surface area contributed by atoms with Gasteiger partial charge in [-0.25, -0.2) is 0 Å². The topological polar surface area (TPSA) is 9.23 Å². The summed E-state index contributed by atoms with van der Waals surface area (Å²) in [6, 6.07) is 4.09. The molecule has 13 heavy (non-hydrogen) atoms. The Morgan fingerprint density at radius 3 is 2.08 bits per heavy atom.